The molecule has 0 amide bonds. The summed E-state index contributed by atoms with van der Waals surface area (Å²) < 4.78 is 18.8. The lowest BCUT2D eigenvalue weighted by atomic mass is 9.94. The van der Waals surface area contributed by atoms with Gasteiger partial charge in [0.1, 0.15) is 18.8 Å². The molecule has 0 aromatic carbocycles. The van der Waals surface area contributed by atoms with E-state index in [2.05, 4.69) is 13.8 Å². The first kappa shape index (κ1) is 30.6. The Morgan fingerprint density at radius 2 is 1.47 bits per heavy atom. The van der Waals surface area contributed by atoms with Crippen LogP contribution in [0, 0.1) is 6.92 Å². The van der Waals surface area contributed by atoms with E-state index in [1.807, 2.05) is 11.5 Å². The molecule has 0 saturated carbocycles. The first-order valence-electron chi connectivity index (χ1n) is 14.7. The quantitative estimate of drug-likeness (QED) is 0.116. The maximum Gasteiger partial charge on any atom is 0.405 e. The summed E-state index contributed by atoms with van der Waals surface area (Å²) in [6.45, 7) is 8.90. The van der Waals surface area contributed by atoms with E-state index in [0.29, 0.717) is 24.5 Å². The van der Waals surface area contributed by atoms with Crippen LogP contribution in [0.15, 0.2) is 0 Å². The number of pyridine rings is 1. The van der Waals surface area contributed by atoms with Crippen LogP contribution >= 0.6 is 0 Å². The Morgan fingerprint density at radius 1 is 0.944 bits per heavy atom. The van der Waals surface area contributed by atoms with Crippen LogP contribution in [0.25, 0.3) is 0 Å². The number of nitrogen functional groups attached to an aromatic ring is 1. The van der Waals surface area contributed by atoms with Gasteiger partial charge in [-0.05, 0) is 20.3 Å². The highest BCUT2D eigenvalue weighted by atomic mass is 16.5. The molecule has 6 heteroatoms. The fourth-order valence-corrected chi connectivity index (χ4v) is 5.27. The van der Waals surface area contributed by atoms with Crippen molar-refractivity contribution in [1.82, 2.24) is 0 Å². The lowest BCUT2D eigenvalue weighted by Gasteiger charge is -2.29. The number of nitrogens with zero attached hydrogens (tertiary/aromatic N) is 1. The number of nitrogens with two attached hydrogens (primary N) is 1. The monoisotopic (exact) mass is 505 g/mol. The van der Waals surface area contributed by atoms with E-state index in [4.69, 9.17) is 19.9 Å². The van der Waals surface area contributed by atoms with E-state index in [0.717, 1.165) is 42.9 Å². The molecule has 6 nitrogen and oxygen atoms in total. The van der Waals surface area contributed by atoms with Gasteiger partial charge in [0.15, 0.2) is 0 Å². The van der Waals surface area contributed by atoms with Crippen molar-refractivity contribution >= 4 is 11.7 Å². The van der Waals surface area contributed by atoms with Crippen LogP contribution in [0.5, 0.6) is 0 Å². The van der Waals surface area contributed by atoms with Crippen molar-refractivity contribution in [2.24, 2.45) is 0 Å². The number of anilines is 1. The fourth-order valence-electron chi connectivity index (χ4n) is 5.27. The van der Waals surface area contributed by atoms with Gasteiger partial charge in [-0.15, -0.1) is 0 Å². The summed E-state index contributed by atoms with van der Waals surface area (Å²) >= 11 is 0. The summed E-state index contributed by atoms with van der Waals surface area (Å²) in [7, 11) is 1.40. The van der Waals surface area contributed by atoms with Gasteiger partial charge in [-0.2, -0.15) is 4.57 Å². The average molecular weight is 506 g/mol. The van der Waals surface area contributed by atoms with Crippen LogP contribution in [-0.2, 0) is 27.4 Å². The van der Waals surface area contributed by atoms with Crippen molar-refractivity contribution < 1.29 is 23.6 Å². The van der Waals surface area contributed by atoms with Crippen molar-refractivity contribution in [3.63, 3.8) is 0 Å². The summed E-state index contributed by atoms with van der Waals surface area (Å²) in [5.41, 5.74) is 10.3. The van der Waals surface area contributed by atoms with Gasteiger partial charge in [0.05, 0.1) is 19.8 Å². The Bertz CT molecular complexity index is 777. The highest BCUT2D eigenvalue weighted by Gasteiger charge is 2.36. The van der Waals surface area contributed by atoms with Crippen molar-refractivity contribution in [3.8, 4) is 0 Å². The lowest BCUT2D eigenvalue weighted by molar-refractivity contribution is -0.704. The van der Waals surface area contributed by atoms with E-state index in [1.165, 1.54) is 90.6 Å². The van der Waals surface area contributed by atoms with Gasteiger partial charge < -0.3 is 19.9 Å². The molecular formula is C30H53N2O4+. The molecule has 36 heavy (non-hydrogen) atoms. The normalized spacial score (nSPS) is 15.2. The topological polar surface area (TPSA) is 74.7 Å². The van der Waals surface area contributed by atoms with E-state index in [-0.39, 0.29) is 6.10 Å². The largest absolute Gasteiger partial charge is 0.461 e. The summed E-state index contributed by atoms with van der Waals surface area (Å²) in [5, 5.41) is 0. The second-order valence-electron chi connectivity index (χ2n) is 10.3. The number of unbranched alkanes of at least 4 members (excludes halogenated alkanes) is 13. The van der Waals surface area contributed by atoms with Gasteiger partial charge in [0.2, 0.25) is 5.69 Å². The third-order valence-corrected chi connectivity index (χ3v) is 7.57. The molecule has 2 rings (SSSR count). The number of ether oxygens (including phenoxy) is 3. The van der Waals surface area contributed by atoms with E-state index in [9.17, 15) is 4.79 Å². The molecule has 0 radical (unpaired) electrons. The van der Waals surface area contributed by atoms with Gasteiger partial charge in [-0.25, -0.2) is 4.79 Å². The summed E-state index contributed by atoms with van der Waals surface area (Å²) in [4.78, 5) is 12.6. The van der Waals surface area contributed by atoms with Crippen molar-refractivity contribution in [1.29, 1.82) is 0 Å². The molecule has 2 N–H and O–H groups in total. The van der Waals surface area contributed by atoms with Gasteiger partial charge in [-0.3, -0.25) is 0 Å². The fraction of sp³-hybridized carbons (Fsp3) is 0.800. The first-order chi connectivity index (χ1) is 17.6. The minimum absolute atomic E-state index is 0.0514. The predicted octanol–water partition coefficient (Wildman–Crippen LogP) is 7.13. The van der Waals surface area contributed by atoms with Crippen molar-refractivity contribution in [2.75, 3.05) is 26.1 Å². The number of aromatic nitrogens is 1. The minimum atomic E-state index is -0.414. The molecule has 1 aliphatic heterocycles. The standard InChI is InChI=1S/C30H52N2O4/c1-5-7-8-9-10-11-12-13-14-15-16-17-18-19-21-35-23-25-24(3)27(26-20-22-36-26)28(31)29(30(33)34-4)32(25)6-2/h26H,5-23H2,1-4H3,(H-,31,33)/p+1. The SMILES string of the molecule is CCCCCCCCCCCCCCCCOCc1c(C)c(C2CCO2)c(N)c(C(=O)OC)[n+]1CC. The second-order valence-corrected chi connectivity index (χ2v) is 10.3. The molecule has 1 atom stereocenters. The number of hydrogen-bond donors (Lipinski definition) is 1. The number of carbonyl (C=O) groups excluding carboxylic acids is 1. The zero-order valence-corrected chi connectivity index (χ0v) is 23.7. The molecule has 1 fully saturated rings. The molecule has 1 aliphatic rings. The highest BCUT2D eigenvalue weighted by molar-refractivity contribution is 5.92. The van der Waals surface area contributed by atoms with Crippen molar-refractivity contribution in [3.05, 3.63) is 22.5 Å². The number of rotatable bonds is 20. The van der Waals surface area contributed by atoms with Crippen molar-refractivity contribution in [2.45, 2.75) is 136 Å². The Morgan fingerprint density at radius 3 is 1.92 bits per heavy atom. The minimum Gasteiger partial charge on any atom is -0.461 e. The number of methoxy groups -OCH3 is 1. The van der Waals surface area contributed by atoms with E-state index in [1.54, 1.807) is 0 Å². The molecule has 1 aromatic heterocycles. The van der Waals surface area contributed by atoms with Gasteiger partial charge in [-0.1, -0.05) is 90.4 Å². The number of esters is 1. The van der Waals surface area contributed by atoms with Crippen LogP contribution in [0.2, 0.25) is 0 Å². The molecule has 2 heterocycles. The van der Waals surface area contributed by atoms with E-state index >= 15 is 0 Å². The van der Waals surface area contributed by atoms with Gasteiger partial charge in [0, 0.05) is 24.2 Å². The molecule has 0 aliphatic carbocycles. The maximum atomic E-state index is 12.6. The van der Waals surface area contributed by atoms with Crippen LogP contribution in [0.1, 0.15) is 144 Å². The Labute approximate surface area is 220 Å². The number of hydrogen-bond acceptors (Lipinski definition) is 5. The lowest BCUT2D eigenvalue weighted by Crippen LogP contribution is -2.47. The zero-order chi connectivity index (χ0) is 26.2. The third-order valence-electron chi connectivity index (χ3n) is 7.57. The van der Waals surface area contributed by atoms with Crippen LogP contribution in [0.4, 0.5) is 5.69 Å². The molecule has 1 aromatic rings. The first-order valence-corrected chi connectivity index (χ1v) is 14.7. The van der Waals surface area contributed by atoms with Crippen LogP contribution < -0.4 is 10.3 Å². The highest BCUT2D eigenvalue weighted by Crippen LogP contribution is 2.37. The second kappa shape index (κ2) is 17.7. The Balaban J connectivity index is 1.69. The maximum absolute atomic E-state index is 12.6. The average Bonchev–Trinajstić information content (AvgIpc) is 2.85. The molecule has 0 bridgehead atoms. The molecule has 206 valence electrons. The summed E-state index contributed by atoms with van der Waals surface area (Å²) in [6.07, 6.45) is 19.7. The number of carbonyl (C=O) groups is 1. The van der Waals surface area contributed by atoms with Crippen LogP contribution in [-0.4, -0.2) is 26.3 Å². The molecular weight excluding hydrogens is 452 g/mol. The van der Waals surface area contributed by atoms with Crippen LogP contribution in [0.3, 0.4) is 0 Å². The zero-order valence-electron chi connectivity index (χ0n) is 23.7. The molecule has 0 spiro atoms. The molecule has 1 unspecified atom stereocenters. The Kier molecular flexibility index (Phi) is 15.1. The summed E-state index contributed by atoms with van der Waals surface area (Å²) in [6, 6.07) is 0. The van der Waals surface area contributed by atoms with Gasteiger partial charge >= 0.3 is 11.7 Å². The smallest absolute Gasteiger partial charge is 0.405 e. The van der Waals surface area contributed by atoms with Gasteiger partial charge in [0.25, 0.3) is 0 Å². The molecule has 1 saturated heterocycles. The van der Waals surface area contributed by atoms with E-state index < -0.39 is 5.97 Å². The Hall–Kier alpha value is -1.66. The summed E-state index contributed by atoms with van der Waals surface area (Å²) in [5.74, 6) is -0.414. The third kappa shape index (κ3) is 9.33. The predicted molar refractivity (Wildman–Crippen MR) is 146 cm³/mol.